The molecule has 3 rings (SSSR count). The second-order valence-corrected chi connectivity index (χ2v) is 8.23. The number of pyridine rings is 1. The highest BCUT2D eigenvalue weighted by Gasteiger charge is 2.34. The molecule has 0 atom stereocenters. The van der Waals surface area contributed by atoms with Gasteiger partial charge >= 0.3 is 6.18 Å². The van der Waals surface area contributed by atoms with E-state index in [0.29, 0.717) is 23.2 Å². The van der Waals surface area contributed by atoms with Crippen LogP contribution in [0.15, 0.2) is 26.4 Å². The van der Waals surface area contributed by atoms with E-state index in [4.69, 9.17) is 16.0 Å². The lowest BCUT2D eigenvalue weighted by atomic mass is 10.1. The third kappa shape index (κ3) is 4.05. The van der Waals surface area contributed by atoms with Crippen LogP contribution in [-0.4, -0.2) is 10.8 Å². The fourth-order valence-electron chi connectivity index (χ4n) is 2.69. The highest BCUT2D eigenvalue weighted by Crippen LogP contribution is 2.32. The molecule has 0 spiro atoms. The molecule has 0 aliphatic heterocycles. The molecule has 1 N–H and O–H groups in total. The van der Waals surface area contributed by atoms with Crippen LogP contribution in [-0.2, 0) is 11.9 Å². The summed E-state index contributed by atoms with van der Waals surface area (Å²) in [6.45, 7) is 1.26. The van der Waals surface area contributed by atoms with E-state index in [1.165, 1.54) is 13.0 Å². The summed E-state index contributed by atoms with van der Waals surface area (Å²) in [6.07, 6.45) is -3.49. The zero-order chi connectivity index (χ0) is 19.9. The van der Waals surface area contributed by atoms with Crippen LogP contribution >= 0.6 is 39.3 Å². The van der Waals surface area contributed by atoms with Crippen LogP contribution in [0.3, 0.4) is 0 Å². The number of rotatable bonds is 4. The average Bonchev–Trinajstić information content (AvgIpc) is 3.05. The Morgan fingerprint density at radius 3 is 2.67 bits per heavy atom. The van der Waals surface area contributed by atoms with Gasteiger partial charge in [-0.05, 0) is 31.9 Å². The van der Waals surface area contributed by atoms with E-state index in [-0.39, 0.29) is 27.3 Å². The number of H-pyrrole nitrogens is 1. The van der Waals surface area contributed by atoms with Crippen LogP contribution in [0.1, 0.15) is 41.6 Å². The first-order chi connectivity index (χ1) is 12.6. The molecule has 27 heavy (non-hydrogen) atoms. The van der Waals surface area contributed by atoms with Gasteiger partial charge in [0.05, 0.1) is 26.9 Å². The molecule has 0 fully saturated rings. The Morgan fingerprint density at radius 1 is 1.37 bits per heavy atom. The van der Waals surface area contributed by atoms with Crippen LogP contribution in [0.4, 0.5) is 13.2 Å². The second-order valence-electron chi connectivity index (χ2n) is 5.83. The van der Waals surface area contributed by atoms with Gasteiger partial charge < -0.3 is 9.40 Å². The first-order valence-corrected chi connectivity index (χ1v) is 9.88. The Labute approximate surface area is 168 Å². The number of hydrogen-bond acceptors (Lipinski definition) is 4. The molecule has 0 saturated heterocycles. The first-order valence-electron chi connectivity index (χ1n) is 7.73. The van der Waals surface area contributed by atoms with Crippen molar-refractivity contribution in [3.8, 4) is 0 Å². The van der Waals surface area contributed by atoms with Crippen LogP contribution in [0, 0.1) is 0 Å². The number of fused-ring (bicyclic) bond motifs is 1. The zero-order valence-electron chi connectivity index (χ0n) is 13.8. The summed E-state index contributed by atoms with van der Waals surface area (Å²) in [5.74, 6) is -1.46. The first kappa shape index (κ1) is 20.3. The van der Waals surface area contributed by atoms with E-state index in [1.54, 1.807) is 0 Å². The molecule has 144 valence electrons. The number of furan rings is 1. The van der Waals surface area contributed by atoms with Gasteiger partial charge in [-0.2, -0.15) is 13.2 Å². The van der Waals surface area contributed by atoms with E-state index in [2.05, 4.69) is 20.9 Å². The molecular formula is C17H12BrClF3NO3S. The lowest BCUT2D eigenvalue weighted by Gasteiger charge is -2.12. The van der Waals surface area contributed by atoms with Crippen molar-refractivity contribution in [3.05, 3.63) is 50.0 Å². The summed E-state index contributed by atoms with van der Waals surface area (Å²) < 4.78 is 43.5. The Morgan fingerprint density at radius 2 is 2.07 bits per heavy atom. The zero-order valence-corrected chi connectivity index (χ0v) is 17.0. The van der Waals surface area contributed by atoms with Crippen molar-refractivity contribution in [3.63, 3.8) is 0 Å². The third-order valence-electron chi connectivity index (χ3n) is 3.93. The Kier molecular flexibility index (Phi) is 5.65. The van der Waals surface area contributed by atoms with E-state index >= 15 is 0 Å². The fraction of sp³-hybridized carbons (Fsp3) is 0.294. The molecule has 0 aromatic carbocycles. The normalized spacial score (nSPS) is 14.4. The topological polar surface area (TPSA) is 63.1 Å². The van der Waals surface area contributed by atoms with Crippen LogP contribution in [0.2, 0.25) is 0 Å². The SMILES string of the molecule is CC(=O)c1c(SCc2ccc(C(F)(F)F)o2)[nH]c2c(c1=O)=C(Cl)CCC=2Br. The van der Waals surface area contributed by atoms with E-state index in [0.717, 1.165) is 22.3 Å². The van der Waals surface area contributed by atoms with Gasteiger partial charge in [-0.25, -0.2) is 0 Å². The Hall–Kier alpha value is -1.45. The summed E-state index contributed by atoms with van der Waals surface area (Å²) in [4.78, 5) is 27.9. The summed E-state index contributed by atoms with van der Waals surface area (Å²) in [7, 11) is 0. The number of nitrogens with one attached hydrogen (secondary N) is 1. The molecule has 2 heterocycles. The maximum absolute atomic E-state index is 12.8. The highest BCUT2D eigenvalue weighted by atomic mass is 79.9. The number of ketones is 1. The van der Waals surface area contributed by atoms with Gasteiger partial charge in [-0.3, -0.25) is 9.59 Å². The Bertz CT molecular complexity index is 1100. The fourth-order valence-corrected chi connectivity index (χ4v) is 4.46. The lowest BCUT2D eigenvalue weighted by molar-refractivity contribution is -0.153. The number of carbonyl (C=O) groups is 1. The number of hydrogen-bond donors (Lipinski definition) is 1. The average molecular weight is 483 g/mol. The summed E-state index contributed by atoms with van der Waals surface area (Å²) in [5.41, 5.74) is -0.558. The van der Waals surface area contributed by atoms with E-state index < -0.39 is 23.1 Å². The molecule has 0 bridgehead atoms. The number of aromatic amines is 1. The number of aromatic nitrogens is 1. The molecule has 1 aliphatic rings. The van der Waals surface area contributed by atoms with Gasteiger partial charge in [-0.1, -0.05) is 39.3 Å². The van der Waals surface area contributed by atoms with Crippen LogP contribution in [0.5, 0.6) is 0 Å². The molecule has 0 unspecified atom stereocenters. The molecule has 0 radical (unpaired) electrons. The van der Waals surface area contributed by atoms with Crippen molar-refractivity contribution in [1.82, 2.24) is 4.98 Å². The molecule has 10 heteroatoms. The quantitative estimate of drug-likeness (QED) is 0.526. The molecule has 0 saturated carbocycles. The lowest BCUT2D eigenvalue weighted by Crippen LogP contribution is -2.47. The van der Waals surface area contributed by atoms with Gasteiger partial charge in [0, 0.05) is 9.51 Å². The van der Waals surface area contributed by atoms with Gasteiger partial charge in [0.2, 0.25) is 11.2 Å². The van der Waals surface area contributed by atoms with Crippen molar-refractivity contribution >= 4 is 54.6 Å². The van der Waals surface area contributed by atoms with Crippen molar-refractivity contribution in [2.75, 3.05) is 0 Å². The molecule has 4 nitrogen and oxygen atoms in total. The third-order valence-corrected chi connectivity index (χ3v) is 6.12. The van der Waals surface area contributed by atoms with Crippen molar-refractivity contribution in [2.45, 2.75) is 36.7 Å². The van der Waals surface area contributed by atoms with Crippen LogP contribution < -0.4 is 16.0 Å². The summed E-state index contributed by atoms with van der Waals surface area (Å²) in [5, 5.41) is 1.37. The predicted molar refractivity (Wildman–Crippen MR) is 100 cm³/mol. The number of alkyl halides is 3. The number of thioether (sulfide) groups is 1. The highest BCUT2D eigenvalue weighted by molar-refractivity contribution is 9.14. The predicted octanol–water partition coefficient (Wildman–Crippen LogP) is 4.13. The maximum Gasteiger partial charge on any atom is 0.449 e. The monoisotopic (exact) mass is 481 g/mol. The Balaban J connectivity index is 2.05. The van der Waals surface area contributed by atoms with Gasteiger partial charge in [-0.15, -0.1) is 0 Å². The van der Waals surface area contributed by atoms with E-state index in [9.17, 15) is 22.8 Å². The summed E-state index contributed by atoms with van der Waals surface area (Å²) in [6, 6.07) is 2.06. The van der Waals surface area contributed by atoms with E-state index in [1.807, 2.05) is 0 Å². The standard InChI is InChI=1S/C17H12BrClF3NO3S/c1-7(24)12-15(25)13-10(19)4-3-9(18)14(13)23-16(12)27-6-8-2-5-11(26-8)17(20,21)22/h2,5,23H,3-4,6H2,1H3. The molecule has 0 amide bonds. The molecule has 1 aliphatic carbocycles. The smallest absolute Gasteiger partial charge is 0.449 e. The number of carbonyl (C=O) groups excluding carboxylic acids is 1. The van der Waals surface area contributed by atoms with Crippen molar-refractivity contribution < 1.29 is 22.4 Å². The van der Waals surface area contributed by atoms with Crippen molar-refractivity contribution in [2.24, 2.45) is 0 Å². The van der Waals surface area contributed by atoms with Crippen molar-refractivity contribution in [1.29, 1.82) is 0 Å². The molecule has 2 aromatic heterocycles. The maximum atomic E-state index is 12.8. The van der Waals surface area contributed by atoms with Gasteiger partial charge in [0.25, 0.3) is 0 Å². The number of Topliss-reactive ketones (excluding diaryl/α,β-unsaturated/α-hetero) is 1. The minimum Gasteiger partial charge on any atom is -0.456 e. The largest absolute Gasteiger partial charge is 0.456 e. The minimum atomic E-state index is -4.57. The van der Waals surface area contributed by atoms with Gasteiger partial charge in [0.15, 0.2) is 5.78 Å². The second kappa shape index (κ2) is 7.52. The number of halogens is 5. The molecule has 2 aromatic rings. The minimum absolute atomic E-state index is 0.0140. The molecular weight excluding hydrogens is 471 g/mol. The van der Waals surface area contributed by atoms with Gasteiger partial charge in [0.1, 0.15) is 5.76 Å². The van der Waals surface area contributed by atoms with Crippen LogP contribution in [0.25, 0.3) is 9.51 Å². The summed E-state index contributed by atoms with van der Waals surface area (Å²) >= 11 is 10.6.